The molecule has 192 valence electrons. The summed E-state index contributed by atoms with van der Waals surface area (Å²) in [5, 5.41) is 13.2. The summed E-state index contributed by atoms with van der Waals surface area (Å²) in [6.45, 7) is 0. The van der Waals surface area contributed by atoms with E-state index in [1.54, 1.807) is 0 Å². The van der Waals surface area contributed by atoms with Crippen molar-refractivity contribution in [3.63, 3.8) is 0 Å². The second-order valence-corrected chi connectivity index (χ2v) is 8.85. The van der Waals surface area contributed by atoms with Gasteiger partial charge in [0, 0.05) is 11.3 Å². The third kappa shape index (κ3) is 7.39. The molecule has 0 aliphatic rings. The summed E-state index contributed by atoms with van der Waals surface area (Å²) in [5.41, 5.74) is 0.533. The maximum absolute atomic E-state index is 12.7. The van der Waals surface area contributed by atoms with Crippen LogP contribution in [0, 0.1) is 0 Å². The molecule has 2 amide bonds. The standard InChI is InChI=1S/C21H19F3N4O6S2/c1-31-14-8-11(9-15(32-2)17(14)33-3)18(30)26-19-27-28-20(36-19)35-10-16(29)25-12-4-6-13(7-5-12)34-21(22,23)24/h4-9H,10H2,1-3H3,(H,25,29)(H,26,27,30). The Morgan fingerprint density at radius 1 is 0.972 bits per heavy atom. The lowest BCUT2D eigenvalue weighted by Crippen LogP contribution is -2.17. The van der Waals surface area contributed by atoms with Gasteiger partial charge in [0.2, 0.25) is 16.8 Å². The van der Waals surface area contributed by atoms with Crippen molar-refractivity contribution >= 4 is 45.7 Å². The van der Waals surface area contributed by atoms with Gasteiger partial charge in [0.15, 0.2) is 15.8 Å². The average Bonchev–Trinajstić information content (AvgIpc) is 3.29. The van der Waals surface area contributed by atoms with Gasteiger partial charge in [-0.05, 0) is 36.4 Å². The quantitative estimate of drug-likeness (QED) is 0.282. The number of rotatable bonds is 10. The van der Waals surface area contributed by atoms with Gasteiger partial charge in [-0.25, -0.2) is 0 Å². The number of halogens is 3. The molecule has 0 saturated carbocycles. The second kappa shape index (κ2) is 11.8. The van der Waals surface area contributed by atoms with Crippen molar-refractivity contribution in [2.75, 3.05) is 37.7 Å². The zero-order valence-corrected chi connectivity index (χ0v) is 20.6. The van der Waals surface area contributed by atoms with Gasteiger partial charge in [0.1, 0.15) is 5.75 Å². The smallest absolute Gasteiger partial charge is 0.493 e. The van der Waals surface area contributed by atoms with Crippen LogP contribution in [0.4, 0.5) is 24.0 Å². The molecule has 36 heavy (non-hydrogen) atoms. The van der Waals surface area contributed by atoms with Gasteiger partial charge in [0.05, 0.1) is 27.1 Å². The van der Waals surface area contributed by atoms with Gasteiger partial charge in [0.25, 0.3) is 5.91 Å². The molecule has 0 aliphatic heterocycles. The molecular formula is C21H19F3N4O6S2. The van der Waals surface area contributed by atoms with Crippen molar-refractivity contribution in [2.24, 2.45) is 0 Å². The number of benzene rings is 2. The number of aromatic nitrogens is 2. The first kappa shape index (κ1) is 26.9. The van der Waals surface area contributed by atoms with Gasteiger partial charge < -0.3 is 24.3 Å². The molecule has 0 fully saturated rings. The first-order chi connectivity index (χ1) is 17.1. The number of ether oxygens (including phenoxy) is 4. The number of hydrogen-bond acceptors (Lipinski definition) is 10. The topological polar surface area (TPSA) is 121 Å². The minimum absolute atomic E-state index is 0.0454. The van der Waals surface area contributed by atoms with Crippen LogP contribution in [0.2, 0.25) is 0 Å². The van der Waals surface area contributed by atoms with Crippen molar-refractivity contribution in [3.8, 4) is 23.0 Å². The molecule has 1 aromatic heterocycles. The zero-order chi connectivity index (χ0) is 26.3. The van der Waals surface area contributed by atoms with Crippen LogP contribution < -0.4 is 29.6 Å². The predicted molar refractivity (Wildman–Crippen MR) is 126 cm³/mol. The molecule has 0 radical (unpaired) electrons. The Bertz CT molecular complexity index is 1200. The lowest BCUT2D eigenvalue weighted by atomic mass is 10.1. The highest BCUT2D eigenvalue weighted by Crippen LogP contribution is 2.38. The minimum Gasteiger partial charge on any atom is -0.493 e. The molecule has 0 bridgehead atoms. The van der Waals surface area contributed by atoms with E-state index in [4.69, 9.17) is 14.2 Å². The Kier molecular flexibility index (Phi) is 8.82. The monoisotopic (exact) mass is 544 g/mol. The fraction of sp³-hybridized carbons (Fsp3) is 0.238. The van der Waals surface area contributed by atoms with Crippen LogP contribution >= 0.6 is 23.1 Å². The fourth-order valence-corrected chi connectivity index (χ4v) is 4.31. The zero-order valence-electron chi connectivity index (χ0n) is 19.0. The largest absolute Gasteiger partial charge is 0.573 e. The maximum Gasteiger partial charge on any atom is 0.573 e. The number of nitrogens with one attached hydrogen (secondary N) is 2. The van der Waals surface area contributed by atoms with Gasteiger partial charge in [-0.15, -0.1) is 23.4 Å². The number of nitrogens with zero attached hydrogens (tertiary/aromatic N) is 2. The molecular weight excluding hydrogens is 525 g/mol. The molecule has 2 N–H and O–H groups in total. The Hall–Kier alpha value is -3.72. The second-order valence-electron chi connectivity index (χ2n) is 6.65. The van der Waals surface area contributed by atoms with E-state index in [9.17, 15) is 22.8 Å². The van der Waals surface area contributed by atoms with E-state index in [0.717, 1.165) is 35.2 Å². The third-order valence-corrected chi connectivity index (χ3v) is 6.22. The Morgan fingerprint density at radius 2 is 1.61 bits per heavy atom. The van der Waals surface area contributed by atoms with E-state index in [1.807, 2.05) is 0 Å². The van der Waals surface area contributed by atoms with Crippen molar-refractivity contribution < 1.29 is 41.7 Å². The Labute approximate surface area is 211 Å². The maximum atomic E-state index is 12.7. The van der Waals surface area contributed by atoms with Gasteiger partial charge >= 0.3 is 6.36 Å². The van der Waals surface area contributed by atoms with Gasteiger partial charge in [-0.3, -0.25) is 14.9 Å². The minimum atomic E-state index is -4.80. The van der Waals surface area contributed by atoms with Crippen LogP contribution in [0.25, 0.3) is 0 Å². The highest BCUT2D eigenvalue weighted by Gasteiger charge is 2.31. The van der Waals surface area contributed by atoms with E-state index < -0.39 is 23.9 Å². The molecule has 15 heteroatoms. The Morgan fingerprint density at radius 3 is 2.17 bits per heavy atom. The summed E-state index contributed by atoms with van der Waals surface area (Å²) in [7, 11) is 4.31. The summed E-state index contributed by atoms with van der Waals surface area (Å²) in [4.78, 5) is 24.8. The first-order valence-corrected chi connectivity index (χ1v) is 11.7. The number of thioether (sulfide) groups is 1. The number of carbonyl (C=O) groups excluding carboxylic acids is 2. The number of alkyl halides is 3. The molecule has 0 saturated heterocycles. The highest BCUT2D eigenvalue weighted by atomic mass is 32.2. The van der Waals surface area contributed by atoms with E-state index in [1.165, 1.54) is 45.6 Å². The van der Waals surface area contributed by atoms with Gasteiger partial charge in [-0.1, -0.05) is 23.1 Å². The van der Waals surface area contributed by atoms with Crippen molar-refractivity contribution in [2.45, 2.75) is 10.7 Å². The summed E-state index contributed by atoms with van der Waals surface area (Å²) in [6, 6.07) is 7.71. The van der Waals surface area contributed by atoms with Crippen LogP contribution in [0.15, 0.2) is 40.7 Å². The van der Waals surface area contributed by atoms with Crippen LogP contribution in [0.3, 0.4) is 0 Å². The molecule has 0 spiro atoms. The molecule has 10 nitrogen and oxygen atoms in total. The molecule has 2 aromatic carbocycles. The van der Waals surface area contributed by atoms with Crippen LogP contribution in [-0.2, 0) is 4.79 Å². The Balaban J connectivity index is 1.54. The van der Waals surface area contributed by atoms with Crippen LogP contribution in [-0.4, -0.2) is 55.5 Å². The fourth-order valence-electron chi connectivity index (χ4n) is 2.76. The molecule has 1 heterocycles. The van der Waals surface area contributed by atoms with Crippen LogP contribution in [0.5, 0.6) is 23.0 Å². The number of anilines is 2. The third-order valence-electron chi connectivity index (χ3n) is 4.25. The molecule has 0 unspecified atom stereocenters. The summed E-state index contributed by atoms with van der Waals surface area (Å²) >= 11 is 2.13. The van der Waals surface area contributed by atoms with E-state index in [0.29, 0.717) is 27.3 Å². The molecule has 3 rings (SSSR count). The molecule has 0 aliphatic carbocycles. The number of hydrogen-bond donors (Lipinski definition) is 2. The summed E-state index contributed by atoms with van der Waals surface area (Å²) in [5.74, 6) is -0.385. The van der Waals surface area contributed by atoms with Gasteiger partial charge in [-0.2, -0.15) is 0 Å². The van der Waals surface area contributed by atoms with E-state index in [2.05, 4.69) is 25.6 Å². The lowest BCUT2D eigenvalue weighted by molar-refractivity contribution is -0.274. The number of carbonyl (C=O) groups is 2. The van der Waals surface area contributed by atoms with E-state index in [-0.39, 0.29) is 16.4 Å². The first-order valence-electron chi connectivity index (χ1n) is 9.85. The summed E-state index contributed by atoms with van der Waals surface area (Å²) < 4.78 is 56.6. The molecule has 0 atom stereocenters. The van der Waals surface area contributed by atoms with E-state index >= 15 is 0 Å². The van der Waals surface area contributed by atoms with Crippen molar-refractivity contribution in [3.05, 3.63) is 42.0 Å². The SMILES string of the molecule is COc1cc(C(=O)Nc2nnc(SCC(=O)Nc3ccc(OC(F)(F)F)cc3)s2)cc(OC)c1OC. The highest BCUT2D eigenvalue weighted by molar-refractivity contribution is 8.01. The van der Waals surface area contributed by atoms with Crippen molar-refractivity contribution in [1.29, 1.82) is 0 Å². The molecule has 3 aromatic rings. The van der Waals surface area contributed by atoms with Crippen LogP contribution in [0.1, 0.15) is 10.4 Å². The predicted octanol–water partition coefficient (Wildman–Crippen LogP) is 4.45. The summed E-state index contributed by atoms with van der Waals surface area (Å²) in [6.07, 6.45) is -4.80. The van der Waals surface area contributed by atoms with Crippen molar-refractivity contribution in [1.82, 2.24) is 10.2 Å². The average molecular weight is 545 g/mol. The normalized spacial score (nSPS) is 10.9. The number of methoxy groups -OCH3 is 3. The number of amides is 2. The lowest BCUT2D eigenvalue weighted by Gasteiger charge is -2.13.